The molecule has 0 radical (unpaired) electrons. The fraction of sp³-hybridized carbons (Fsp3) is 0.167. The molecule has 1 atom stereocenters. The summed E-state index contributed by atoms with van der Waals surface area (Å²) in [5.41, 5.74) is 1.01. The minimum Gasteiger partial charge on any atom is -0.481 e. The second-order valence-electron chi connectivity index (χ2n) is 3.64. The lowest BCUT2D eigenvalue weighted by molar-refractivity contribution is 0.214. The summed E-state index contributed by atoms with van der Waals surface area (Å²) in [6.07, 6.45) is 0.0889. The maximum Gasteiger partial charge on any atom is 0.150 e. The molecular weight excluding hydrogens is 242 g/mol. The van der Waals surface area contributed by atoms with Crippen molar-refractivity contribution in [1.82, 2.24) is 0 Å². The van der Waals surface area contributed by atoms with Gasteiger partial charge in [0.1, 0.15) is 5.75 Å². The molecule has 2 heterocycles. The van der Waals surface area contributed by atoms with Crippen molar-refractivity contribution in [2.24, 2.45) is 0 Å². The number of nitrogens with one attached hydrogen (secondary N) is 1. The molecule has 1 aromatic heterocycles. The number of hydrogen-bond donors (Lipinski definition) is 1. The first kappa shape index (κ1) is 10.00. The second-order valence-corrected chi connectivity index (χ2v) is 5.06. The van der Waals surface area contributed by atoms with Gasteiger partial charge >= 0.3 is 0 Å². The van der Waals surface area contributed by atoms with E-state index in [4.69, 9.17) is 16.3 Å². The Morgan fingerprint density at radius 2 is 2.31 bits per heavy atom. The van der Waals surface area contributed by atoms with Crippen LogP contribution >= 0.6 is 22.9 Å². The van der Waals surface area contributed by atoms with Crippen molar-refractivity contribution in [3.05, 3.63) is 45.6 Å². The molecule has 1 aliphatic heterocycles. The van der Waals surface area contributed by atoms with Gasteiger partial charge in [0.2, 0.25) is 0 Å². The zero-order valence-corrected chi connectivity index (χ0v) is 10.0. The zero-order chi connectivity index (χ0) is 11.0. The molecule has 82 valence electrons. The highest BCUT2D eigenvalue weighted by molar-refractivity contribution is 7.10. The summed E-state index contributed by atoms with van der Waals surface area (Å²) in [4.78, 5) is 1.23. The predicted molar refractivity (Wildman–Crippen MR) is 67.6 cm³/mol. The maximum absolute atomic E-state index is 5.94. The van der Waals surface area contributed by atoms with Crippen LogP contribution in [0.2, 0.25) is 5.02 Å². The Balaban J connectivity index is 1.91. The Morgan fingerprint density at radius 1 is 1.38 bits per heavy atom. The summed E-state index contributed by atoms with van der Waals surface area (Å²) in [6.45, 7) is 0.801. The van der Waals surface area contributed by atoms with E-state index in [1.165, 1.54) is 4.88 Å². The molecule has 1 N–H and O–H groups in total. The average molecular weight is 252 g/mol. The number of ether oxygens (including phenoxy) is 1. The smallest absolute Gasteiger partial charge is 0.150 e. The Hall–Kier alpha value is -1.19. The number of benzene rings is 1. The highest BCUT2D eigenvalue weighted by atomic mass is 35.5. The van der Waals surface area contributed by atoms with Crippen molar-refractivity contribution in [2.75, 3.05) is 11.9 Å². The van der Waals surface area contributed by atoms with Gasteiger partial charge in [0, 0.05) is 16.0 Å². The summed E-state index contributed by atoms with van der Waals surface area (Å²) in [6, 6.07) is 9.79. The minimum absolute atomic E-state index is 0.0889. The average Bonchev–Trinajstić information content (AvgIpc) is 2.81. The quantitative estimate of drug-likeness (QED) is 0.829. The Bertz CT molecular complexity index is 498. The van der Waals surface area contributed by atoms with Crippen LogP contribution in [-0.2, 0) is 0 Å². The van der Waals surface area contributed by atoms with E-state index in [9.17, 15) is 0 Å². The van der Waals surface area contributed by atoms with Crippen molar-refractivity contribution >= 4 is 28.6 Å². The van der Waals surface area contributed by atoms with Crippen LogP contribution in [0, 0.1) is 0 Å². The first-order chi connectivity index (χ1) is 7.83. The van der Waals surface area contributed by atoms with E-state index in [0.29, 0.717) is 5.02 Å². The van der Waals surface area contributed by atoms with Gasteiger partial charge in [-0.05, 0) is 23.6 Å². The fourth-order valence-corrected chi connectivity index (χ4v) is 2.69. The van der Waals surface area contributed by atoms with E-state index >= 15 is 0 Å². The third kappa shape index (κ3) is 1.77. The van der Waals surface area contributed by atoms with E-state index in [-0.39, 0.29) is 6.10 Å². The first-order valence-corrected chi connectivity index (χ1v) is 6.32. The zero-order valence-electron chi connectivity index (χ0n) is 8.44. The Morgan fingerprint density at radius 3 is 3.12 bits per heavy atom. The molecule has 0 saturated heterocycles. The molecular formula is C12H10ClNOS. The normalized spacial score (nSPS) is 18.4. The predicted octanol–water partition coefficient (Wildman–Crippen LogP) is 3.95. The third-order valence-corrected chi connectivity index (χ3v) is 3.75. The van der Waals surface area contributed by atoms with E-state index in [2.05, 4.69) is 16.8 Å². The van der Waals surface area contributed by atoms with Crippen LogP contribution < -0.4 is 10.1 Å². The van der Waals surface area contributed by atoms with Crippen molar-refractivity contribution in [1.29, 1.82) is 0 Å². The molecule has 0 bridgehead atoms. The van der Waals surface area contributed by atoms with Crippen LogP contribution in [0.1, 0.15) is 11.0 Å². The molecule has 1 aromatic carbocycles. The third-order valence-electron chi connectivity index (χ3n) is 2.55. The lowest BCUT2D eigenvalue weighted by atomic mass is 10.2. The number of halogens is 1. The summed E-state index contributed by atoms with van der Waals surface area (Å²) in [7, 11) is 0. The van der Waals surface area contributed by atoms with E-state index < -0.39 is 0 Å². The SMILES string of the molecule is Clc1ccc2c(c1)OC(c1cccs1)CN2. The van der Waals surface area contributed by atoms with Crippen molar-refractivity contribution < 1.29 is 4.74 Å². The number of anilines is 1. The number of rotatable bonds is 1. The van der Waals surface area contributed by atoms with Crippen molar-refractivity contribution in [3.8, 4) is 5.75 Å². The van der Waals surface area contributed by atoms with Gasteiger partial charge in [-0.1, -0.05) is 17.7 Å². The lowest BCUT2D eigenvalue weighted by Crippen LogP contribution is -2.22. The molecule has 0 saturated carbocycles. The summed E-state index contributed by atoms with van der Waals surface area (Å²) in [5, 5.41) is 6.11. The monoisotopic (exact) mass is 251 g/mol. The molecule has 0 fully saturated rings. The number of fused-ring (bicyclic) bond motifs is 1. The molecule has 0 aliphatic carbocycles. The second kappa shape index (κ2) is 4.00. The summed E-state index contributed by atoms with van der Waals surface area (Å²) >= 11 is 7.65. The van der Waals surface area contributed by atoms with Gasteiger partial charge in [-0.2, -0.15) is 0 Å². The molecule has 3 rings (SSSR count). The van der Waals surface area contributed by atoms with Gasteiger partial charge in [0.15, 0.2) is 6.10 Å². The van der Waals surface area contributed by atoms with Crippen LogP contribution in [-0.4, -0.2) is 6.54 Å². The van der Waals surface area contributed by atoms with Crippen LogP contribution in [0.25, 0.3) is 0 Å². The van der Waals surface area contributed by atoms with Gasteiger partial charge in [-0.25, -0.2) is 0 Å². The highest BCUT2D eigenvalue weighted by Crippen LogP contribution is 2.36. The molecule has 1 aliphatic rings. The van der Waals surface area contributed by atoms with Gasteiger partial charge in [-0.15, -0.1) is 11.3 Å². The maximum atomic E-state index is 5.94. The van der Waals surface area contributed by atoms with Crippen molar-refractivity contribution in [3.63, 3.8) is 0 Å². The van der Waals surface area contributed by atoms with E-state index in [0.717, 1.165) is 18.0 Å². The minimum atomic E-state index is 0.0889. The van der Waals surface area contributed by atoms with E-state index in [1.54, 1.807) is 11.3 Å². The van der Waals surface area contributed by atoms with Gasteiger partial charge in [0.05, 0.1) is 12.2 Å². The van der Waals surface area contributed by atoms with Gasteiger partial charge < -0.3 is 10.1 Å². The molecule has 16 heavy (non-hydrogen) atoms. The first-order valence-electron chi connectivity index (χ1n) is 5.06. The Kier molecular flexibility index (Phi) is 2.50. The molecule has 0 amide bonds. The molecule has 2 nitrogen and oxygen atoms in total. The lowest BCUT2D eigenvalue weighted by Gasteiger charge is -2.26. The van der Waals surface area contributed by atoms with Crippen LogP contribution in [0.3, 0.4) is 0 Å². The fourth-order valence-electron chi connectivity index (χ4n) is 1.77. The largest absolute Gasteiger partial charge is 0.481 e. The van der Waals surface area contributed by atoms with Gasteiger partial charge in [0.25, 0.3) is 0 Å². The number of hydrogen-bond acceptors (Lipinski definition) is 3. The summed E-state index contributed by atoms with van der Waals surface area (Å²) < 4.78 is 5.92. The highest BCUT2D eigenvalue weighted by Gasteiger charge is 2.21. The number of thiophene rings is 1. The molecule has 4 heteroatoms. The van der Waals surface area contributed by atoms with Crippen LogP contribution in [0.5, 0.6) is 5.75 Å². The van der Waals surface area contributed by atoms with Crippen LogP contribution in [0.15, 0.2) is 35.7 Å². The molecule has 2 aromatic rings. The van der Waals surface area contributed by atoms with E-state index in [1.807, 2.05) is 24.3 Å². The van der Waals surface area contributed by atoms with Gasteiger partial charge in [-0.3, -0.25) is 0 Å². The van der Waals surface area contributed by atoms with Crippen LogP contribution in [0.4, 0.5) is 5.69 Å². The standard InChI is InChI=1S/C12H10ClNOS/c13-8-3-4-9-10(6-8)15-11(7-14-9)12-2-1-5-16-12/h1-6,11,14H,7H2. The summed E-state index contributed by atoms with van der Waals surface area (Å²) in [5.74, 6) is 0.831. The molecule has 1 unspecified atom stereocenters. The van der Waals surface area contributed by atoms with Crippen molar-refractivity contribution in [2.45, 2.75) is 6.10 Å². The molecule has 0 spiro atoms. The topological polar surface area (TPSA) is 21.3 Å². The Labute approximate surface area is 103 Å².